The second kappa shape index (κ2) is 7.16. The van der Waals surface area contributed by atoms with Crippen LogP contribution in [0.1, 0.15) is 19.8 Å². The summed E-state index contributed by atoms with van der Waals surface area (Å²) in [6.07, 6.45) is 2.28. The second-order valence-corrected chi connectivity index (χ2v) is 7.92. The second-order valence-electron chi connectivity index (χ2n) is 7.48. The van der Waals surface area contributed by atoms with E-state index in [1.165, 1.54) is 0 Å². The Hall–Kier alpha value is -2.92. The maximum absolute atomic E-state index is 10.5. The van der Waals surface area contributed by atoms with Gasteiger partial charge in [-0.25, -0.2) is 4.98 Å². The Bertz CT molecular complexity index is 1090. The first-order chi connectivity index (χ1) is 14.1. The third-order valence-corrected chi connectivity index (χ3v) is 5.84. The Kier molecular flexibility index (Phi) is 4.47. The zero-order valence-corrected chi connectivity index (χ0v) is 16.8. The number of aromatic hydroxyl groups is 1. The molecule has 1 fully saturated rings. The number of pyridine rings is 1. The smallest absolute Gasteiger partial charge is 0.231 e. The van der Waals surface area contributed by atoms with Crippen molar-refractivity contribution in [2.24, 2.45) is 0 Å². The molecule has 0 amide bonds. The van der Waals surface area contributed by atoms with Crippen molar-refractivity contribution >= 4 is 17.4 Å². The number of halogens is 1. The van der Waals surface area contributed by atoms with Gasteiger partial charge in [-0.15, -0.1) is 0 Å². The number of hydrogen-bond donors (Lipinski definition) is 1. The van der Waals surface area contributed by atoms with Gasteiger partial charge in [-0.1, -0.05) is 23.7 Å². The summed E-state index contributed by atoms with van der Waals surface area (Å²) in [7, 11) is 0. The van der Waals surface area contributed by atoms with Crippen LogP contribution in [0, 0.1) is 0 Å². The van der Waals surface area contributed by atoms with Gasteiger partial charge in [0.2, 0.25) is 6.79 Å². The van der Waals surface area contributed by atoms with E-state index >= 15 is 0 Å². The number of phenolic OH excluding ortho intramolecular Hbond substituents is 1. The van der Waals surface area contributed by atoms with Gasteiger partial charge in [0.15, 0.2) is 11.5 Å². The fraction of sp³-hybridized carbons (Fsp3) is 0.261. The number of hydrogen-bond acceptors (Lipinski definition) is 5. The Morgan fingerprint density at radius 3 is 2.83 bits per heavy atom. The van der Waals surface area contributed by atoms with Crippen LogP contribution in [-0.2, 0) is 0 Å². The molecule has 6 heteroatoms. The Morgan fingerprint density at radius 1 is 1.10 bits per heavy atom. The largest absolute Gasteiger partial charge is 0.507 e. The van der Waals surface area contributed by atoms with Crippen LogP contribution in [-0.4, -0.2) is 29.5 Å². The molecule has 2 aliphatic heterocycles. The van der Waals surface area contributed by atoms with E-state index in [9.17, 15) is 5.11 Å². The fourth-order valence-electron chi connectivity index (χ4n) is 4.10. The lowest BCUT2D eigenvalue weighted by Gasteiger charge is -2.24. The zero-order valence-electron chi connectivity index (χ0n) is 16.1. The Balaban J connectivity index is 1.71. The van der Waals surface area contributed by atoms with Gasteiger partial charge >= 0.3 is 0 Å². The maximum atomic E-state index is 10.5. The van der Waals surface area contributed by atoms with Gasteiger partial charge in [0.25, 0.3) is 0 Å². The normalized spacial score (nSPS) is 17.7. The van der Waals surface area contributed by atoms with Crippen LogP contribution >= 0.6 is 11.6 Å². The first-order valence-electron chi connectivity index (χ1n) is 9.77. The summed E-state index contributed by atoms with van der Waals surface area (Å²) in [5.74, 6) is 2.51. The Labute approximate surface area is 174 Å². The predicted molar refractivity (Wildman–Crippen MR) is 114 cm³/mol. The monoisotopic (exact) mass is 408 g/mol. The quantitative estimate of drug-likeness (QED) is 0.620. The summed E-state index contributed by atoms with van der Waals surface area (Å²) in [5, 5.41) is 11.0. The molecule has 29 heavy (non-hydrogen) atoms. The molecule has 5 rings (SSSR count). The van der Waals surface area contributed by atoms with E-state index in [2.05, 4.69) is 17.9 Å². The zero-order chi connectivity index (χ0) is 20.0. The summed E-state index contributed by atoms with van der Waals surface area (Å²) in [6.45, 7) is 3.40. The third-order valence-electron chi connectivity index (χ3n) is 5.60. The lowest BCUT2D eigenvalue weighted by Crippen LogP contribution is -2.27. The van der Waals surface area contributed by atoms with E-state index in [-0.39, 0.29) is 12.5 Å². The molecule has 1 atom stereocenters. The molecular formula is C23H21ClN2O3. The summed E-state index contributed by atoms with van der Waals surface area (Å²) in [6, 6.07) is 15.4. The van der Waals surface area contributed by atoms with Crippen LogP contribution in [0.2, 0.25) is 5.02 Å². The summed E-state index contributed by atoms with van der Waals surface area (Å²) >= 11 is 6.20. The van der Waals surface area contributed by atoms with Crippen molar-refractivity contribution in [3.05, 3.63) is 53.6 Å². The fourth-order valence-corrected chi connectivity index (χ4v) is 4.27. The molecule has 0 radical (unpaired) electrons. The molecule has 3 heterocycles. The SMILES string of the molecule is CC1CCCN1c1cc(-c2cccc3c2OCO3)cc(-c2cc(Cl)ccc2O)n1. The van der Waals surface area contributed by atoms with Crippen LogP contribution in [0.5, 0.6) is 17.2 Å². The van der Waals surface area contributed by atoms with Gasteiger partial charge in [0.05, 0.1) is 5.69 Å². The van der Waals surface area contributed by atoms with Crippen LogP contribution < -0.4 is 14.4 Å². The molecule has 3 aromatic rings. The number of benzene rings is 2. The van der Waals surface area contributed by atoms with Crippen LogP contribution in [0.25, 0.3) is 22.4 Å². The van der Waals surface area contributed by atoms with E-state index in [1.807, 2.05) is 24.3 Å². The lowest BCUT2D eigenvalue weighted by molar-refractivity contribution is 0.174. The standard InChI is InChI=1S/C23H21ClN2O3/c1-14-4-3-9-26(14)22-11-15(17-5-2-6-21-23(17)29-13-28-21)10-19(25-22)18-12-16(24)7-8-20(18)27/h2,5-8,10-12,14,27H,3-4,9,13H2,1H3. The van der Waals surface area contributed by atoms with Crippen molar-refractivity contribution in [2.45, 2.75) is 25.8 Å². The minimum atomic E-state index is 0.150. The van der Waals surface area contributed by atoms with Gasteiger partial charge in [-0.3, -0.25) is 0 Å². The number of ether oxygens (including phenoxy) is 2. The van der Waals surface area contributed by atoms with E-state index in [4.69, 9.17) is 26.1 Å². The minimum absolute atomic E-state index is 0.150. The molecule has 1 unspecified atom stereocenters. The van der Waals surface area contributed by atoms with Crippen molar-refractivity contribution in [3.8, 4) is 39.6 Å². The first-order valence-corrected chi connectivity index (χ1v) is 10.1. The number of fused-ring (bicyclic) bond motifs is 1. The minimum Gasteiger partial charge on any atom is -0.507 e. The van der Waals surface area contributed by atoms with E-state index < -0.39 is 0 Å². The summed E-state index contributed by atoms with van der Waals surface area (Å²) in [5.41, 5.74) is 3.19. The topological polar surface area (TPSA) is 54.8 Å². The highest BCUT2D eigenvalue weighted by atomic mass is 35.5. The average Bonchev–Trinajstić information content (AvgIpc) is 3.38. The molecule has 1 N–H and O–H groups in total. The van der Waals surface area contributed by atoms with E-state index in [0.29, 0.717) is 22.3 Å². The molecule has 0 aliphatic carbocycles. The summed E-state index contributed by atoms with van der Waals surface area (Å²) in [4.78, 5) is 7.21. The molecule has 1 saturated heterocycles. The number of anilines is 1. The van der Waals surface area contributed by atoms with Gasteiger partial charge in [0.1, 0.15) is 11.6 Å². The van der Waals surface area contributed by atoms with Crippen molar-refractivity contribution in [1.82, 2.24) is 4.98 Å². The van der Waals surface area contributed by atoms with E-state index in [1.54, 1.807) is 18.2 Å². The number of para-hydroxylation sites is 1. The molecule has 1 aromatic heterocycles. The van der Waals surface area contributed by atoms with Crippen molar-refractivity contribution in [3.63, 3.8) is 0 Å². The molecule has 0 saturated carbocycles. The van der Waals surface area contributed by atoms with Crippen molar-refractivity contribution in [1.29, 1.82) is 0 Å². The molecule has 5 nitrogen and oxygen atoms in total. The van der Waals surface area contributed by atoms with E-state index in [0.717, 1.165) is 47.8 Å². The molecule has 0 spiro atoms. The van der Waals surface area contributed by atoms with Crippen LogP contribution in [0.4, 0.5) is 5.82 Å². The molecule has 2 aromatic carbocycles. The van der Waals surface area contributed by atoms with Gasteiger partial charge in [-0.05, 0) is 61.7 Å². The average molecular weight is 409 g/mol. The Morgan fingerprint density at radius 2 is 2.00 bits per heavy atom. The molecule has 148 valence electrons. The highest BCUT2D eigenvalue weighted by molar-refractivity contribution is 6.31. The number of nitrogens with zero attached hydrogens (tertiary/aromatic N) is 2. The first kappa shape index (κ1) is 18.1. The van der Waals surface area contributed by atoms with Gasteiger partial charge in [-0.2, -0.15) is 0 Å². The molecule has 0 bridgehead atoms. The summed E-state index contributed by atoms with van der Waals surface area (Å²) < 4.78 is 11.3. The van der Waals surface area contributed by atoms with Crippen LogP contribution in [0.15, 0.2) is 48.5 Å². The third kappa shape index (κ3) is 3.25. The van der Waals surface area contributed by atoms with Crippen molar-refractivity contribution in [2.75, 3.05) is 18.2 Å². The van der Waals surface area contributed by atoms with Crippen LogP contribution in [0.3, 0.4) is 0 Å². The lowest BCUT2D eigenvalue weighted by atomic mass is 10.0. The number of aromatic nitrogens is 1. The predicted octanol–water partition coefficient (Wildman–Crippen LogP) is 5.49. The molecular weight excluding hydrogens is 388 g/mol. The van der Waals surface area contributed by atoms with Gasteiger partial charge in [0, 0.05) is 28.7 Å². The highest BCUT2D eigenvalue weighted by Crippen LogP contribution is 2.43. The maximum Gasteiger partial charge on any atom is 0.231 e. The van der Waals surface area contributed by atoms with Gasteiger partial charge < -0.3 is 19.5 Å². The highest BCUT2D eigenvalue weighted by Gasteiger charge is 2.25. The molecule has 2 aliphatic rings. The van der Waals surface area contributed by atoms with Crippen molar-refractivity contribution < 1.29 is 14.6 Å². The number of rotatable bonds is 3. The number of phenols is 1.